The Hall–Kier alpha value is -2.93. The summed E-state index contributed by atoms with van der Waals surface area (Å²) in [6, 6.07) is 7.38. The molecule has 0 aliphatic heterocycles. The number of nitrogens with one attached hydrogen (secondary N) is 2. The van der Waals surface area contributed by atoms with Crippen molar-refractivity contribution in [1.29, 1.82) is 0 Å². The second-order valence-corrected chi connectivity index (χ2v) is 6.14. The van der Waals surface area contributed by atoms with Crippen LogP contribution >= 0.6 is 0 Å². The Morgan fingerprint density at radius 2 is 2.00 bits per heavy atom. The van der Waals surface area contributed by atoms with E-state index in [0.717, 1.165) is 16.5 Å². The first kappa shape index (κ1) is 16.9. The van der Waals surface area contributed by atoms with E-state index in [-0.39, 0.29) is 11.7 Å². The zero-order valence-electron chi connectivity index (χ0n) is 14.5. The average molecular weight is 339 g/mol. The number of nitrogen functional groups attached to an aromatic ring is 1. The van der Waals surface area contributed by atoms with Crippen LogP contribution in [-0.2, 0) is 11.3 Å². The van der Waals surface area contributed by atoms with Gasteiger partial charge in [0.1, 0.15) is 11.5 Å². The fourth-order valence-electron chi connectivity index (χ4n) is 2.68. The maximum atomic E-state index is 12.4. The number of ether oxygens (including phenoxy) is 1. The van der Waals surface area contributed by atoms with Gasteiger partial charge in [0.15, 0.2) is 0 Å². The highest BCUT2D eigenvalue weighted by atomic mass is 16.5. The van der Waals surface area contributed by atoms with Crippen molar-refractivity contribution in [3.8, 4) is 0 Å². The highest BCUT2D eigenvalue weighted by Gasteiger charge is 2.17. The Balaban J connectivity index is 1.84. The summed E-state index contributed by atoms with van der Waals surface area (Å²) in [6.07, 6.45) is 1.86. The van der Waals surface area contributed by atoms with E-state index in [2.05, 4.69) is 34.1 Å². The molecule has 0 radical (unpaired) electrons. The third kappa shape index (κ3) is 3.46. The SMILES string of the molecule is COCc1ccc(NC(=O)c2nc(N)c3c(C(C)C)c[nH]c3n2)cc1. The zero-order chi connectivity index (χ0) is 18.0. The highest BCUT2D eigenvalue weighted by Crippen LogP contribution is 2.27. The smallest absolute Gasteiger partial charge is 0.293 e. The lowest BCUT2D eigenvalue weighted by molar-refractivity contribution is 0.101. The Kier molecular flexibility index (Phi) is 4.67. The number of hydrogen-bond donors (Lipinski definition) is 3. The first-order valence-electron chi connectivity index (χ1n) is 8.03. The lowest BCUT2D eigenvalue weighted by Crippen LogP contribution is -2.16. The first-order chi connectivity index (χ1) is 12.0. The van der Waals surface area contributed by atoms with Crippen molar-refractivity contribution in [2.24, 2.45) is 0 Å². The number of H-pyrrole nitrogens is 1. The van der Waals surface area contributed by atoms with E-state index in [1.807, 2.05) is 18.3 Å². The summed E-state index contributed by atoms with van der Waals surface area (Å²) in [5, 5.41) is 3.55. The summed E-state index contributed by atoms with van der Waals surface area (Å²) >= 11 is 0. The molecule has 0 aliphatic carbocycles. The Morgan fingerprint density at radius 1 is 1.28 bits per heavy atom. The summed E-state index contributed by atoms with van der Waals surface area (Å²) < 4.78 is 5.07. The van der Waals surface area contributed by atoms with E-state index in [1.165, 1.54) is 0 Å². The number of methoxy groups -OCH3 is 1. The molecule has 25 heavy (non-hydrogen) atoms. The quantitative estimate of drug-likeness (QED) is 0.662. The van der Waals surface area contributed by atoms with Gasteiger partial charge < -0.3 is 20.8 Å². The molecule has 3 rings (SSSR count). The van der Waals surface area contributed by atoms with Crippen LogP contribution in [0, 0.1) is 0 Å². The van der Waals surface area contributed by atoms with E-state index in [0.29, 0.717) is 23.8 Å². The fraction of sp³-hybridized carbons (Fsp3) is 0.278. The molecule has 0 unspecified atom stereocenters. The van der Waals surface area contributed by atoms with E-state index < -0.39 is 5.91 Å². The molecule has 2 heterocycles. The van der Waals surface area contributed by atoms with Crippen LogP contribution in [0.4, 0.5) is 11.5 Å². The summed E-state index contributed by atoms with van der Waals surface area (Å²) in [5.41, 5.74) is 9.34. The second-order valence-electron chi connectivity index (χ2n) is 6.14. The van der Waals surface area contributed by atoms with Crippen LogP contribution < -0.4 is 11.1 Å². The molecule has 0 saturated carbocycles. The summed E-state index contributed by atoms with van der Waals surface area (Å²) in [4.78, 5) is 24.0. The van der Waals surface area contributed by atoms with E-state index >= 15 is 0 Å². The number of hydrogen-bond acceptors (Lipinski definition) is 5. The standard InChI is InChI=1S/C18H21N5O2/c1-10(2)13-8-20-16-14(13)15(19)22-17(23-16)18(24)21-12-6-4-11(5-7-12)9-25-3/h4-8,10H,9H2,1-3H3,(H,21,24)(H3,19,20,22,23). The molecule has 0 saturated heterocycles. The van der Waals surface area contributed by atoms with Gasteiger partial charge in [0.05, 0.1) is 12.0 Å². The van der Waals surface area contributed by atoms with Crippen LogP contribution in [0.25, 0.3) is 11.0 Å². The number of fused-ring (bicyclic) bond motifs is 1. The monoisotopic (exact) mass is 339 g/mol. The van der Waals surface area contributed by atoms with Gasteiger partial charge in [-0.1, -0.05) is 26.0 Å². The van der Waals surface area contributed by atoms with E-state index in [4.69, 9.17) is 10.5 Å². The number of aromatic nitrogens is 3. The van der Waals surface area contributed by atoms with Gasteiger partial charge in [0, 0.05) is 19.0 Å². The number of aromatic amines is 1. The van der Waals surface area contributed by atoms with Gasteiger partial charge >= 0.3 is 0 Å². The molecular weight excluding hydrogens is 318 g/mol. The molecule has 1 amide bonds. The maximum absolute atomic E-state index is 12.4. The number of nitrogens with zero attached hydrogens (tertiary/aromatic N) is 2. The predicted molar refractivity (Wildman–Crippen MR) is 97.5 cm³/mol. The van der Waals surface area contributed by atoms with Gasteiger partial charge in [-0.2, -0.15) is 0 Å². The number of rotatable bonds is 5. The van der Waals surface area contributed by atoms with Crippen LogP contribution in [0.3, 0.4) is 0 Å². The minimum absolute atomic E-state index is 0.0307. The number of carbonyl (C=O) groups excluding carboxylic acids is 1. The summed E-state index contributed by atoms with van der Waals surface area (Å²) in [7, 11) is 1.64. The van der Waals surface area contributed by atoms with E-state index in [1.54, 1.807) is 19.2 Å². The third-order valence-electron chi connectivity index (χ3n) is 3.94. The fourth-order valence-corrected chi connectivity index (χ4v) is 2.68. The third-order valence-corrected chi connectivity index (χ3v) is 3.94. The van der Waals surface area contributed by atoms with Gasteiger partial charge in [-0.15, -0.1) is 0 Å². The lowest BCUT2D eigenvalue weighted by Gasteiger charge is -2.08. The van der Waals surface area contributed by atoms with Crippen molar-refractivity contribution >= 4 is 28.4 Å². The molecule has 0 spiro atoms. The van der Waals surface area contributed by atoms with Gasteiger partial charge in [-0.05, 0) is 29.2 Å². The Morgan fingerprint density at radius 3 is 2.64 bits per heavy atom. The van der Waals surface area contributed by atoms with Crippen molar-refractivity contribution < 1.29 is 9.53 Å². The van der Waals surface area contributed by atoms with Crippen LogP contribution in [0.1, 0.15) is 41.5 Å². The lowest BCUT2D eigenvalue weighted by atomic mass is 10.0. The number of carbonyl (C=O) groups is 1. The molecule has 0 bridgehead atoms. The number of amides is 1. The zero-order valence-corrected chi connectivity index (χ0v) is 14.5. The van der Waals surface area contributed by atoms with Crippen LogP contribution in [-0.4, -0.2) is 28.0 Å². The van der Waals surface area contributed by atoms with Crippen LogP contribution in [0.5, 0.6) is 0 Å². The summed E-state index contributed by atoms with van der Waals surface area (Å²) in [5.74, 6) is 0.206. The highest BCUT2D eigenvalue weighted by molar-refractivity contribution is 6.03. The maximum Gasteiger partial charge on any atom is 0.293 e. The van der Waals surface area contributed by atoms with Crippen LogP contribution in [0.15, 0.2) is 30.5 Å². The molecule has 7 nitrogen and oxygen atoms in total. The molecule has 0 fully saturated rings. The van der Waals surface area contributed by atoms with Crippen molar-refractivity contribution in [1.82, 2.24) is 15.0 Å². The van der Waals surface area contributed by atoms with Crippen LogP contribution in [0.2, 0.25) is 0 Å². The summed E-state index contributed by atoms with van der Waals surface area (Å²) in [6.45, 7) is 4.65. The minimum Gasteiger partial charge on any atom is -0.383 e. The van der Waals surface area contributed by atoms with Crippen molar-refractivity contribution in [2.45, 2.75) is 26.4 Å². The molecule has 130 valence electrons. The normalized spacial score (nSPS) is 11.2. The minimum atomic E-state index is -0.409. The molecule has 7 heteroatoms. The molecule has 0 aliphatic rings. The molecule has 2 aromatic heterocycles. The Bertz CT molecular complexity index is 900. The van der Waals surface area contributed by atoms with Gasteiger partial charge in [-0.25, -0.2) is 9.97 Å². The molecule has 4 N–H and O–H groups in total. The van der Waals surface area contributed by atoms with E-state index in [9.17, 15) is 4.79 Å². The van der Waals surface area contributed by atoms with Gasteiger partial charge in [0.2, 0.25) is 5.82 Å². The second kappa shape index (κ2) is 6.90. The number of benzene rings is 1. The molecular formula is C18H21N5O2. The molecule has 3 aromatic rings. The van der Waals surface area contributed by atoms with Crippen molar-refractivity contribution in [3.05, 3.63) is 47.4 Å². The van der Waals surface area contributed by atoms with Gasteiger partial charge in [-0.3, -0.25) is 4.79 Å². The molecule has 1 aromatic carbocycles. The molecule has 0 atom stereocenters. The van der Waals surface area contributed by atoms with Gasteiger partial charge in [0.25, 0.3) is 5.91 Å². The van der Waals surface area contributed by atoms with Crippen molar-refractivity contribution in [2.75, 3.05) is 18.2 Å². The predicted octanol–water partition coefficient (Wildman–Crippen LogP) is 3.06. The average Bonchev–Trinajstić information content (AvgIpc) is 3.01. The number of nitrogens with two attached hydrogens (primary N) is 1. The first-order valence-corrected chi connectivity index (χ1v) is 8.03. The van der Waals surface area contributed by atoms with Crippen molar-refractivity contribution in [3.63, 3.8) is 0 Å². The number of anilines is 2. The topological polar surface area (TPSA) is 106 Å². The largest absolute Gasteiger partial charge is 0.383 e. The Labute approximate surface area is 145 Å².